The van der Waals surface area contributed by atoms with Crippen LogP contribution in [0, 0.1) is 0 Å². The highest BCUT2D eigenvalue weighted by atomic mass is 79.9. The number of ether oxygens (including phenoxy) is 1. The first kappa shape index (κ1) is 15.2. The zero-order chi connectivity index (χ0) is 13.9. The molecule has 1 fully saturated rings. The molecule has 0 bridgehead atoms. The molecule has 1 saturated carbocycles. The Balaban J connectivity index is 2.42. The van der Waals surface area contributed by atoms with Crippen molar-refractivity contribution in [2.45, 2.75) is 58.0 Å². The van der Waals surface area contributed by atoms with Crippen molar-refractivity contribution in [2.75, 3.05) is 6.61 Å². The van der Waals surface area contributed by atoms with Crippen LogP contribution in [0.15, 0.2) is 4.47 Å². The SMILES string of the molecule is CCCc1nc(C2(OCC)CCCC2)nc(Cl)c1Br. The van der Waals surface area contributed by atoms with Crippen molar-refractivity contribution < 1.29 is 4.74 Å². The Morgan fingerprint density at radius 1 is 1.26 bits per heavy atom. The second-order valence-corrected chi connectivity index (χ2v) is 6.13. The summed E-state index contributed by atoms with van der Waals surface area (Å²) in [6.45, 7) is 4.84. The van der Waals surface area contributed by atoms with Gasteiger partial charge in [-0.3, -0.25) is 0 Å². The molecule has 0 radical (unpaired) electrons. The monoisotopic (exact) mass is 346 g/mol. The molecule has 1 aromatic rings. The van der Waals surface area contributed by atoms with Gasteiger partial charge in [0.15, 0.2) is 5.82 Å². The summed E-state index contributed by atoms with van der Waals surface area (Å²) in [5, 5.41) is 0.499. The average molecular weight is 348 g/mol. The number of aromatic nitrogens is 2. The Bertz CT molecular complexity index is 447. The van der Waals surface area contributed by atoms with Crippen LogP contribution in [0.25, 0.3) is 0 Å². The first-order valence-electron chi connectivity index (χ1n) is 6.99. The highest BCUT2D eigenvalue weighted by Crippen LogP contribution is 2.41. The highest BCUT2D eigenvalue weighted by Gasteiger charge is 2.39. The molecule has 0 amide bonds. The van der Waals surface area contributed by atoms with E-state index in [1.165, 1.54) is 12.8 Å². The number of nitrogens with zero attached hydrogens (tertiary/aromatic N) is 2. The van der Waals surface area contributed by atoms with E-state index in [-0.39, 0.29) is 5.60 Å². The fourth-order valence-electron chi connectivity index (χ4n) is 2.72. The highest BCUT2D eigenvalue weighted by molar-refractivity contribution is 9.10. The van der Waals surface area contributed by atoms with Crippen LogP contribution in [0.2, 0.25) is 5.15 Å². The van der Waals surface area contributed by atoms with Gasteiger partial charge in [0.2, 0.25) is 0 Å². The van der Waals surface area contributed by atoms with Crippen molar-refractivity contribution >= 4 is 27.5 Å². The lowest BCUT2D eigenvalue weighted by molar-refractivity contribution is -0.0458. The summed E-state index contributed by atoms with van der Waals surface area (Å²) in [6.07, 6.45) is 6.25. The molecule has 1 aromatic heterocycles. The predicted octanol–water partition coefficient (Wildman–Crippen LogP) is 4.65. The van der Waals surface area contributed by atoms with E-state index in [1.54, 1.807) is 0 Å². The van der Waals surface area contributed by atoms with E-state index in [2.05, 4.69) is 27.8 Å². The summed E-state index contributed by atoms with van der Waals surface area (Å²) >= 11 is 9.72. The Labute approximate surface area is 128 Å². The maximum atomic E-state index is 6.24. The van der Waals surface area contributed by atoms with Crippen LogP contribution in [-0.2, 0) is 16.8 Å². The minimum Gasteiger partial charge on any atom is -0.367 e. The molecule has 0 saturated heterocycles. The summed E-state index contributed by atoms with van der Waals surface area (Å²) in [4.78, 5) is 9.20. The van der Waals surface area contributed by atoms with Gasteiger partial charge in [0.25, 0.3) is 0 Å². The van der Waals surface area contributed by atoms with Gasteiger partial charge in [-0.2, -0.15) is 0 Å². The third-order valence-corrected chi connectivity index (χ3v) is 4.94. The molecular formula is C14H20BrClN2O. The molecule has 19 heavy (non-hydrogen) atoms. The normalized spacial score (nSPS) is 17.9. The topological polar surface area (TPSA) is 35.0 Å². The fraction of sp³-hybridized carbons (Fsp3) is 0.714. The van der Waals surface area contributed by atoms with E-state index < -0.39 is 0 Å². The largest absolute Gasteiger partial charge is 0.367 e. The van der Waals surface area contributed by atoms with Crippen molar-refractivity contribution in [2.24, 2.45) is 0 Å². The molecule has 0 spiro atoms. The number of hydrogen-bond acceptors (Lipinski definition) is 3. The summed E-state index contributed by atoms with van der Waals surface area (Å²) in [6, 6.07) is 0. The molecule has 0 unspecified atom stereocenters. The molecular weight excluding hydrogens is 328 g/mol. The molecule has 1 aliphatic carbocycles. The van der Waals surface area contributed by atoms with Gasteiger partial charge >= 0.3 is 0 Å². The third-order valence-electron chi connectivity index (χ3n) is 3.61. The minimum atomic E-state index is -0.318. The van der Waals surface area contributed by atoms with Gasteiger partial charge in [0, 0.05) is 6.61 Å². The van der Waals surface area contributed by atoms with Crippen molar-refractivity contribution in [1.82, 2.24) is 9.97 Å². The van der Waals surface area contributed by atoms with Crippen LogP contribution in [-0.4, -0.2) is 16.6 Å². The number of hydrogen-bond donors (Lipinski definition) is 0. The standard InChI is InChI=1S/C14H20BrClN2O/c1-3-7-10-11(15)12(16)18-13(17-10)14(19-4-2)8-5-6-9-14/h3-9H2,1-2H3. The molecule has 1 heterocycles. The minimum absolute atomic E-state index is 0.318. The number of rotatable bonds is 5. The Hall–Kier alpha value is -0.190. The van der Waals surface area contributed by atoms with E-state index in [0.717, 1.165) is 41.7 Å². The van der Waals surface area contributed by atoms with E-state index in [0.29, 0.717) is 11.8 Å². The van der Waals surface area contributed by atoms with E-state index >= 15 is 0 Å². The molecule has 1 aliphatic rings. The van der Waals surface area contributed by atoms with E-state index in [1.807, 2.05) is 6.92 Å². The van der Waals surface area contributed by atoms with Crippen molar-refractivity contribution in [3.05, 3.63) is 21.1 Å². The van der Waals surface area contributed by atoms with Crippen LogP contribution < -0.4 is 0 Å². The van der Waals surface area contributed by atoms with Gasteiger partial charge in [-0.15, -0.1) is 0 Å². The zero-order valence-corrected chi connectivity index (χ0v) is 13.9. The quantitative estimate of drug-likeness (QED) is 0.727. The van der Waals surface area contributed by atoms with Gasteiger partial charge in [-0.05, 0) is 55.0 Å². The van der Waals surface area contributed by atoms with Crippen molar-refractivity contribution in [3.8, 4) is 0 Å². The third kappa shape index (κ3) is 3.11. The Morgan fingerprint density at radius 2 is 1.95 bits per heavy atom. The first-order chi connectivity index (χ1) is 9.13. The molecule has 106 valence electrons. The summed E-state index contributed by atoms with van der Waals surface area (Å²) < 4.78 is 6.83. The summed E-state index contributed by atoms with van der Waals surface area (Å²) in [5.41, 5.74) is 0.671. The Kier molecular flexibility index (Phi) is 5.21. The summed E-state index contributed by atoms with van der Waals surface area (Å²) in [5.74, 6) is 0.767. The first-order valence-corrected chi connectivity index (χ1v) is 8.16. The molecule has 3 nitrogen and oxygen atoms in total. The molecule has 0 aliphatic heterocycles. The van der Waals surface area contributed by atoms with Crippen LogP contribution in [0.1, 0.15) is 57.5 Å². The Morgan fingerprint density at radius 3 is 2.53 bits per heavy atom. The maximum Gasteiger partial charge on any atom is 0.162 e. The molecule has 0 atom stereocenters. The summed E-state index contributed by atoms with van der Waals surface area (Å²) in [7, 11) is 0. The lowest BCUT2D eigenvalue weighted by atomic mass is 10.0. The molecule has 0 N–H and O–H groups in total. The van der Waals surface area contributed by atoms with E-state index in [4.69, 9.17) is 21.3 Å². The number of halogens is 2. The van der Waals surface area contributed by atoms with Gasteiger partial charge < -0.3 is 4.74 Å². The molecule has 0 aromatic carbocycles. The van der Waals surface area contributed by atoms with Crippen LogP contribution in [0.3, 0.4) is 0 Å². The fourth-order valence-corrected chi connectivity index (χ4v) is 3.29. The maximum absolute atomic E-state index is 6.24. The van der Waals surface area contributed by atoms with Gasteiger partial charge in [0.05, 0.1) is 10.2 Å². The van der Waals surface area contributed by atoms with Crippen LogP contribution >= 0.6 is 27.5 Å². The van der Waals surface area contributed by atoms with Crippen molar-refractivity contribution in [1.29, 1.82) is 0 Å². The molecule has 5 heteroatoms. The van der Waals surface area contributed by atoms with Gasteiger partial charge in [0.1, 0.15) is 10.8 Å². The van der Waals surface area contributed by atoms with Crippen LogP contribution in [0.4, 0.5) is 0 Å². The van der Waals surface area contributed by atoms with Gasteiger partial charge in [-0.1, -0.05) is 24.9 Å². The smallest absolute Gasteiger partial charge is 0.162 e. The second kappa shape index (κ2) is 6.51. The van der Waals surface area contributed by atoms with Crippen molar-refractivity contribution in [3.63, 3.8) is 0 Å². The van der Waals surface area contributed by atoms with E-state index in [9.17, 15) is 0 Å². The lowest BCUT2D eigenvalue weighted by Crippen LogP contribution is -2.29. The predicted molar refractivity (Wildman–Crippen MR) is 80.5 cm³/mol. The van der Waals surface area contributed by atoms with Gasteiger partial charge in [-0.25, -0.2) is 9.97 Å². The average Bonchev–Trinajstić information content (AvgIpc) is 2.85. The lowest BCUT2D eigenvalue weighted by Gasteiger charge is -2.28. The molecule has 2 rings (SSSR count). The van der Waals surface area contributed by atoms with Crippen LogP contribution in [0.5, 0.6) is 0 Å². The zero-order valence-electron chi connectivity index (χ0n) is 11.5. The second-order valence-electron chi connectivity index (χ2n) is 4.98. The number of aryl methyl sites for hydroxylation is 1.